The van der Waals surface area contributed by atoms with Crippen molar-refractivity contribution in [1.29, 1.82) is 0 Å². The van der Waals surface area contributed by atoms with Gasteiger partial charge in [0, 0.05) is 40.4 Å². The normalized spacial score (nSPS) is 12.6. The van der Waals surface area contributed by atoms with Gasteiger partial charge in [-0.15, -0.1) is 11.8 Å². The molecule has 0 aliphatic rings. The quantitative estimate of drug-likeness (QED) is 0.830. The van der Waals surface area contributed by atoms with Gasteiger partial charge in [-0.05, 0) is 44.2 Å². The summed E-state index contributed by atoms with van der Waals surface area (Å²) in [5.74, 6) is 0.884. The summed E-state index contributed by atoms with van der Waals surface area (Å²) >= 11 is 7.64. The Morgan fingerprint density at radius 1 is 1.35 bits per heavy atom. The van der Waals surface area contributed by atoms with E-state index < -0.39 is 0 Å². The Balaban J connectivity index is 1.88. The van der Waals surface area contributed by atoms with Crippen molar-refractivity contribution in [2.75, 3.05) is 5.75 Å². The molecular weight excluding hydrogens is 290 g/mol. The van der Waals surface area contributed by atoms with E-state index in [1.165, 1.54) is 10.6 Å². The Kier molecular flexibility index (Phi) is 5.52. The van der Waals surface area contributed by atoms with Crippen LogP contribution in [-0.2, 0) is 13.0 Å². The molecule has 0 amide bonds. The minimum absolute atomic E-state index is 0.122. The molecule has 0 saturated heterocycles. The molecule has 5 heteroatoms. The molecule has 1 unspecified atom stereocenters. The van der Waals surface area contributed by atoms with Crippen LogP contribution in [0.2, 0.25) is 5.02 Å². The van der Waals surface area contributed by atoms with Crippen LogP contribution in [0.15, 0.2) is 35.2 Å². The Morgan fingerprint density at radius 3 is 2.70 bits per heavy atom. The van der Waals surface area contributed by atoms with E-state index in [0.29, 0.717) is 0 Å². The number of aryl methyl sites for hydroxylation is 2. The summed E-state index contributed by atoms with van der Waals surface area (Å²) in [6.07, 6.45) is 0.856. The van der Waals surface area contributed by atoms with Gasteiger partial charge in [0.05, 0.1) is 5.69 Å². The lowest BCUT2D eigenvalue weighted by Gasteiger charge is -2.12. The summed E-state index contributed by atoms with van der Waals surface area (Å²) in [5, 5.41) is 5.21. The summed E-state index contributed by atoms with van der Waals surface area (Å²) in [7, 11) is 0. The molecule has 0 aliphatic carbocycles. The molecular formula is C15H20ClN3S. The van der Waals surface area contributed by atoms with Gasteiger partial charge >= 0.3 is 0 Å². The van der Waals surface area contributed by atoms with Gasteiger partial charge in [-0.2, -0.15) is 5.10 Å². The van der Waals surface area contributed by atoms with Crippen molar-refractivity contribution in [3.05, 3.63) is 46.7 Å². The fourth-order valence-corrected chi connectivity index (χ4v) is 3.08. The topological polar surface area (TPSA) is 43.8 Å². The van der Waals surface area contributed by atoms with Crippen LogP contribution in [0, 0.1) is 6.92 Å². The Bertz CT molecular complexity index is 551. The molecule has 1 heterocycles. The van der Waals surface area contributed by atoms with E-state index in [1.807, 2.05) is 35.9 Å². The summed E-state index contributed by atoms with van der Waals surface area (Å²) in [4.78, 5) is 1.20. The molecule has 0 saturated carbocycles. The monoisotopic (exact) mass is 309 g/mol. The van der Waals surface area contributed by atoms with E-state index in [-0.39, 0.29) is 6.04 Å². The smallest absolute Gasteiger partial charge is 0.0596 e. The summed E-state index contributed by atoms with van der Waals surface area (Å²) in [6.45, 7) is 5.01. The van der Waals surface area contributed by atoms with Crippen LogP contribution in [0.4, 0.5) is 0 Å². The van der Waals surface area contributed by atoms with E-state index in [9.17, 15) is 0 Å². The molecule has 20 heavy (non-hydrogen) atoms. The van der Waals surface area contributed by atoms with Gasteiger partial charge in [0.2, 0.25) is 0 Å². The average molecular weight is 310 g/mol. The fraction of sp³-hybridized carbons (Fsp3) is 0.400. The summed E-state index contributed by atoms with van der Waals surface area (Å²) in [6, 6.07) is 10.1. The Morgan fingerprint density at radius 2 is 2.05 bits per heavy atom. The van der Waals surface area contributed by atoms with Crippen molar-refractivity contribution in [3.8, 4) is 0 Å². The third kappa shape index (κ3) is 4.27. The van der Waals surface area contributed by atoms with Crippen LogP contribution in [0.3, 0.4) is 0 Å². The molecule has 1 aromatic heterocycles. The van der Waals surface area contributed by atoms with E-state index >= 15 is 0 Å². The molecule has 0 fully saturated rings. The second-order valence-electron chi connectivity index (χ2n) is 4.82. The first-order chi connectivity index (χ1) is 9.58. The predicted octanol–water partition coefficient (Wildman–Crippen LogP) is 3.53. The number of rotatable bonds is 6. The highest BCUT2D eigenvalue weighted by atomic mass is 35.5. The maximum absolute atomic E-state index is 6.23. The zero-order valence-electron chi connectivity index (χ0n) is 11.8. The van der Waals surface area contributed by atoms with Gasteiger partial charge in [0.1, 0.15) is 0 Å². The van der Waals surface area contributed by atoms with E-state index in [0.717, 1.165) is 29.4 Å². The lowest BCUT2D eigenvalue weighted by molar-refractivity contribution is 0.594. The van der Waals surface area contributed by atoms with E-state index in [2.05, 4.69) is 18.1 Å². The number of halogens is 1. The molecule has 2 aromatic rings. The number of nitrogens with zero attached hydrogens (tertiary/aromatic N) is 2. The molecule has 2 N–H and O–H groups in total. The van der Waals surface area contributed by atoms with Crippen LogP contribution in [-0.4, -0.2) is 21.6 Å². The van der Waals surface area contributed by atoms with Crippen LogP contribution in [0.1, 0.15) is 18.3 Å². The number of aromatic nitrogens is 2. The van der Waals surface area contributed by atoms with Gasteiger partial charge < -0.3 is 5.73 Å². The van der Waals surface area contributed by atoms with Crippen LogP contribution >= 0.6 is 23.4 Å². The highest BCUT2D eigenvalue weighted by Gasteiger charge is 2.10. The summed E-state index contributed by atoms with van der Waals surface area (Å²) in [5.41, 5.74) is 8.50. The minimum atomic E-state index is 0.122. The molecule has 0 radical (unpaired) electrons. The van der Waals surface area contributed by atoms with Gasteiger partial charge in [-0.25, -0.2) is 0 Å². The van der Waals surface area contributed by atoms with E-state index in [1.54, 1.807) is 11.8 Å². The van der Waals surface area contributed by atoms with Crippen LogP contribution in [0.25, 0.3) is 0 Å². The van der Waals surface area contributed by atoms with E-state index in [4.69, 9.17) is 17.3 Å². The number of benzene rings is 1. The zero-order chi connectivity index (χ0) is 14.5. The molecule has 1 aromatic carbocycles. The lowest BCUT2D eigenvalue weighted by Crippen LogP contribution is -2.26. The number of nitrogens with two attached hydrogens (primary N) is 1. The first kappa shape index (κ1) is 15.4. The van der Waals surface area contributed by atoms with Gasteiger partial charge in [0.15, 0.2) is 0 Å². The van der Waals surface area contributed by atoms with Crippen molar-refractivity contribution in [1.82, 2.24) is 9.78 Å². The average Bonchev–Trinajstić information content (AvgIpc) is 2.78. The van der Waals surface area contributed by atoms with Crippen molar-refractivity contribution in [2.24, 2.45) is 5.73 Å². The van der Waals surface area contributed by atoms with Gasteiger partial charge in [0.25, 0.3) is 0 Å². The maximum atomic E-state index is 6.23. The predicted molar refractivity (Wildman–Crippen MR) is 86.5 cm³/mol. The standard InChI is InChI=1S/C15H20ClN3S/c1-3-19-14(8-11(2)18-19)9-13(17)10-20-15-6-4-12(16)5-7-15/h4-8,13H,3,9-10,17H2,1-2H3. The second-order valence-corrected chi connectivity index (χ2v) is 6.35. The summed E-state index contributed by atoms with van der Waals surface area (Å²) < 4.78 is 2.03. The molecule has 1 atom stereocenters. The number of hydrogen-bond acceptors (Lipinski definition) is 3. The second kappa shape index (κ2) is 7.16. The zero-order valence-corrected chi connectivity index (χ0v) is 13.4. The highest BCUT2D eigenvalue weighted by Crippen LogP contribution is 2.21. The number of hydrogen-bond donors (Lipinski definition) is 1. The highest BCUT2D eigenvalue weighted by molar-refractivity contribution is 7.99. The third-order valence-corrected chi connectivity index (χ3v) is 4.49. The minimum Gasteiger partial charge on any atom is -0.327 e. The molecule has 108 valence electrons. The fourth-order valence-electron chi connectivity index (χ4n) is 2.10. The molecule has 0 spiro atoms. The van der Waals surface area contributed by atoms with Crippen molar-refractivity contribution in [3.63, 3.8) is 0 Å². The van der Waals surface area contributed by atoms with Gasteiger partial charge in [-0.1, -0.05) is 11.6 Å². The Hall–Kier alpha value is -0.970. The SMILES string of the molecule is CCn1nc(C)cc1CC(N)CSc1ccc(Cl)cc1. The maximum Gasteiger partial charge on any atom is 0.0596 e. The third-order valence-electron chi connectivity index (χ3n) is 3.03. The lowest BCUT2D eigenvalue weighted by atomic mass is 10.2. The first-order valence-corrected chi connectivity index (χ1v) is 8.12. The molecule has 0 aliphatic heterocycles. The van der Waals surface area contributed by atoms with Crippen LogP contribution < -0.4 is 5.73 Å². The van der Waals surface area contributed by atoms with Crippen LogP contribution in [0.5, 0.6) is 0 Å². The van der Waals surface area contributed by atoms with Crippen molar-refractivity contribution in [2.45, 2.75) is 37.8 Å². The van der Waals surface area contributed by atoms with Crippen molar-refractivity contribution >= 4 is 23.4 Å². The molecule has 0 bridgehead atoms. The largest absolute Gasteiger partial charge is 0.327 e. The Labute approximate surface area is 129 Å². The molecule has 3 nitrogen and oxygen atoms in total. The molecule has 2 rings (SSSR count). The number of thioether (sulfide) groups is 1. The van der Waals surface area contributed by atoms with Gasteiger partial charge in [-0.3, -0.25) is 4.68 Å². The first-order valence-electron chi connectivity index (χ1n) is 6.75. The van der Waals surface area contributed by atoms with Crippen molar-refractivity contribution < 1.29 is 0 Å².